The molecule has 2 aromatic carbocycles. The molecule has 2 rings (SSSR count). The summed E-state index contributed by atoms with van der Waals surface area (Å²) in [5.41, 5.74) is 6.05. The first-order valence-electron chi connectivity index (χ1n) is 5.91. The molecule has 0 atom stereocenters. The summed E-state index contributed by atoms with van der Waals surface area (Å²) in [6.45, 7) is 0. The van der Waals surface area contributed by atoms with Crippen molar-refractivity contribution < 1.29 is 35.5 Å². The third kappa shape index (κ3) is 3.51. The lowest BCUT2D eigenvalue weighted by molar-refractivity contribution is -0.138. The highest BCUT2D eigenvalue weighted by molar-refractivity contribution is 5.45. The van der Waals surface area contributed by atoms with Gasteiger partial charge in [0.2, 0.25) is 0 Å². The molecule has 4 nitrogen and oxygen atoms in total. The average molecular weight is 351 g/mol. The van der Waals surface area contributed by atoms with E-state index in [-0.39, 0.29) is 12.1 Å². The van der Waals surface area contributed by atoms with Gasteiger partial charge < -0.3 is 4.74 Å². The fraction of sp³-hybridized carbons (Fsp3) is 0.0769. The number of nitrogens with zero attached hydrogens (tertiary/aromatic N) is 3. The average Bonchev–Trinajstić information content (AvgIpc) is 2.44. The molecule has 0 N–H and O–H groups in total. The van der Waals surface area contributed by atoms with Crippen molar-refractivity contribution in [3.63, 3.8) is 0 Å². The van der Waals surface area contributed by atoms with Gasteiger partial charge in [0.05, 0.1) is 5.56 Å². The Kier molecular flexibility index (Phi) is 4.56. The normalized spacial score (nSPS) is 11.1. The summed E-state index contributed by atoms with van der Waals surface area (Å²) in [4.78, 5) is 2.29. The van der Waals surface area contributed by atoms with Crippen LogP contribution in [0.1, 0.15) is 5.56 Å². The van der Waals surface area contributed by atoms with Crippen molar-refractivity contribution >= 4 is 5.69 Å². The molecule has 0 saturated carbocycles. The van der Waals surface area contributed by atoms with Crippen molar-refractivity contribution in [2.45, 2.75) is 6.18 Å². The fourth-order valence-corrected chi connectivity index (χ4v) is 1.68. The second kappa shape index (κ2) is 6.28. The highest BCUT2D eigenvalue weighted by atomic mass is 19.4. The maximum absolute atomic E-state index is 13.7. The molecule has 0 aliphatic carbocycles. The third-order valence-corrected chi connectivity index (χ3v) is 2.67. The maximum Gasteiger partial charge on any atom is 0.416 e. The second-order valence-electron chi connectivity index (χ2n) is 4.30. The van der Waals surface area contributed by atoms with E-state index in [9.17, 15) is 30.7 Å². The van der Waals surface area contributed by atoms with E-state index >= 15 is 0 Å². The molecule has 0 fully saturated rings. The zero-order valence-corrected chi connectivity index (χ0v) is 11.2. The number of ether oxygens (including phenoxy) is 1. The maximum atomic E-state index is 13.7. The molecule has 0 aliphatic rings. The number of azide groups is 1. The number of alkyl halides is 3. The topological polar surface area (TPSA) is 58.0 Å². The summed E-state index contributed by atoms with van der Waals surface area (Å²) < 4.78 is 96.2. The van der Waals surface area contributed by atoms with Crippen LogP contribution in [0.2, 0.25) is 0 Å². The fourth-order valence-electron chi connectivity index (χ4n) is 1.68. The van der Waals surface area contributed by atoms with Gasteiger partial charge in [0.25, 0.3) is 0 Å². The summed E-state index contributed by atoms with van der Waals surface area (Å²) in [6.07, 6.45) is -5.02. The Morgan fingerprint density at radius 3 is 1.62 bits per heavy atom. The van der Waals surface area contributed by atoms with Crippen molar-refractivity contribution in [2.75, 3.05) is 0 Å². The standard InChI is InChI=1S/C13H4F7N3O/c14-7-1-5(13(18,19)20)2-8(15)11(7)24-12-9(16)3-6(22-23-21)4-10(12)17/h1-4H. The van der Waals surface area contributed by atoms with Crippen LogP contribution >= 0.6 is 0 Å². The summed E-state index contributed by atoms with van der Waals surface area (Å²) in [5, 5.41) is 2.92. The number of hydrogen-bond donors (Lipinski definition) is 0. The van der Waals surface area contributed by atoms with Gasteiger partial charge in [-0.1, -0.05) is 5.11 Å². The summed E-state index contributed by atoms with van der Waals surface area (Å²) in [6, 6.07) is 0.862. The quantitative estimate of drug-likeness (QED) is 0.290. The van der Waals surface area contributed by atoms with Crippen molar-refractivity contribution in [2.24, 2.45) is 5.11 Å². The van der Waals surface area contributed by atoms with Crippen LogP contribution in [-0.4, -0.2) is 0 Å². The lowest BCUT2D eigenvalue weighted by atomic mass is 10.2. The van der Waals surface area contributed by atoms with E-state index in [1.807, 2.05) is 0 Å². The predicted octanol–water partition coefficient (Wildman–Crippen LogP) is 6.00. The zero-order valence-electron chi connectivity index (χ0n) is 11.2. The minimum atomic E-state index is -5.02. The number of hydrogen-bond acceptors (Lipinski definition) is 2. The Balaban J connectivity index is 2.47. The summed E-state index contributed by atoms with van der Waals surface area (Å²) >= 11 is 0. The Hall–Kier alpha value is -2.94. The van der Waals surface area contributed by atoms with Gasteiger partial charge in [-0.15, -0.1) is 0 Å². The molecule has 2 aromatic rings. The molecule has 0 aliphatic heterocycles. The van der Waals surface area contributed by atoms with E-state index in [4.69, 9.17) is 5.53 Å². The number of benzene rings is 2. The highest BCUT2D eigenvalue weighted by Crippen LogP contribution is 2.37. The molecular weight excluding hydrogens is 347 g/mol. The van der Waals surface area contributed by atoms with Crippen LogP contribution in [0.25, 0.3) is 10.4 Å². The first-order chi connectivity index (χ1) is 11.1. The van der Waals surface area contributed by atoms with Gasteiger partial charge in [0.1, 0.15) is 0 Å². The molecule has 0 aromatic heterocycles. The van der Waals surface area contributed by atoms with Gasteiger partial charge in [-0.3, -0.25) is 0 Å². The first-order valence-corrected chi connectivity index (χ1v) is 5.91. The molecular formula is C13H4F7N3O. The minimum Gasteiger partial charge on any atom is -0.445 e. The molecule has 0 unspecified atom stereocenters. The van der Waals surface area contributed by atoms with Gasteiger partial charge in [0, 0.05) is 10.6 Å². The molecule has 0 saturated heterocycles. The Labute approximate surface area is 128 Å². The monoisotopic (exact) mass is 351 g/mol. The Morgan fingerprint density at radius 2 is 1.25 bits per heavy atom. The van der Waals surface area contributed by atoms with Gasteiger partial charge in [-0.2, -0.15) is 13.2 Å². The smallest absolute Gasteiger partial charge is 0.416 e. The summed E-state index contributed by atoms with van der Waals surface area (Å²) in [7, 11) is 0. The highest BCUT2D eigenvalue weighted by Gasteiger charge is 2.33. The largest absolute Gasteiger partial charge is 0.445 e. The molecule has 0 radical (unpaired) electrons. The molecule has 0 heterocycles. The number of rotatable bonds is 3. The predicted molar refractivity (Wildman–Crippen MR) is 66.6 cm³/mol. The molecule has 0 spiro atoms. The van der Waals surface area contributed by atoms with Crippen LogP contribution in [0.15, 0.2) is 29.4 Å². The van der Waals surface area contributed by atoms with E-state index < -0.39 is 52.2 Å². The van der Waals surface area contributed by atoms with Crippen LogP contribution in [0.3, 0.4) is 0 Å². The molecule has 0 bridgehead atoms. The molecule has 0 amide bonds. The third-order valence-electron chi connectivity index (χ3n) is 2.67. The van der Waals surface area contributed by atoms with Gasteiger partial charge in [0.15, 0.2) is 34.8 Å². The van der Waals surface area contributed by atoms with Crippen molar-refractivity contribution in [3.8, 4) is 11.5 Å². The van der Waals surface area contributed by atoms with Crippen LogP contribution in [0.4, 0.5) is 36.4 Å². The lowest BCUT2D eigenvalue weighted by Gasteiger charge is -2.12. The lowest BCUT2D eigenvalue weighted by Crippen LogP contribution is -2.07. The van der Waals surface area contributed by atoms with Crippen LogP contribution in [0, 0.1) is 23.3 Å². The van der Waals surface area contributed by atoms with Crippen molar-refractivity contribution in [1.82, 2.24) is 0 Å². The van der Waals surface area contributed by atoms with Gasteiger partial charge >= 0.3 is 6.18 Å². The Bertz CT molecular complexity index is 798. The van der Waals surface area contributed by atoms with E-state index in [1.54, 1.807) is 0 Å². The molecule has 11 heteroatoms. The van der Waals surface area contributed by atoms with Crippen molar-refractivity contribution in [3.05, 3.63) is 63.5 Å². The SMILES string of the molecule is [N-]=[N+]=Nc1cc(F)c(Oc2c(F)cc(C(F)(F)F)cc2F)c(F)c1. The van der Waals surface area contributed by atoms with E-state index in [0.717, 1.165) is 0 Å². The van der Waals surface area contributed by atoms with Gasteiger partial charge in [-0.05, 0) is 29.8 Å². The second-order valence-corrected chi connectivity index (χ2v) is 4.30. The van der Waals surface area contributed by atoms with Crippen LogP contribution < -0.4 is 4.74 Å². The van der Waals surface area contributed by atoms with E-state index in [1.165, 1.54) is 0 Å². The van der Waals surface area contributed by atoms with E-state index in [2.05, 4.69) is 14.8 Å². The summed E-state index contributed by atoms with van der Waals surface area (Å²) in [5.74, 6) is -9.26. The Morgan fingerprint density at radius 1 is 0.833 bits per heavy atom. The van der Waals surface area contributed by atoms with E-state index in [0.29, 0.717) is 12.1 Å². The minimum absolute atomic E-state index is 0.0808. The van der Waals surface area contributed by atoms with Crippen molar-refractivity contribution in [1.29, 1.82) is 0 Å². The van der Waals surface area contributed by atoms with Crippen LogP contribution in [0.5, 0.6) is 11.5 Å². The first kappa shape index (κ1) is 17.4. The van der Waals surface area contributed by atoms with Gasteiger partial charge in [-0.25, -0.2) is 17.6 Å². The molecule has 24 heavy (non-hydrogen) atoms. The number of halogens is 7. The van der Waals surface area contributed by atoms with Crippen LogP contribution in [-0.2, 0) is 6.18 Å². The molecule has 126 valence electrons. The zero-order chi connectivity index (χ0) is 18.1.